The first-order chi connectivity index (χ1) is 12.7. The third-order valence-electron chi connectivity index (χ3n) is 5.28. The highest BCUT2D eigenvalue weighted by molar-refractivity contribution is 7.97. The number of carbonyl (C=O) groups is 1. The monoisotopic (exact) mass is 364 g/mol. The molecule has 26 heavy (non-hydrogen) atoms. The molecule has 0 aliphatic carbocycles. The van der Waals surface area contributed by atoms with Crippen LogP contribution in [0.15, 0.2) is 54.6 Å². The molecule has 0 atom stereocenters. The molecular weight excluding hydrogens is 340 g/mol. The van der Waals surface area contributed by atoms with E-state index in [0.717, 1.165) is 37.2 Å². The summed E-state index contributed by atoms with van der Waals surface area (Å²) in [4.78, 5) is 18.3. The fourth-order valence-electron chi connectivity index (χ4n) is 3.80. The minimum absolute atomic E-state index is 0.163. The molecule has 2 heterocycles. The molecule has 2 aromatic carbocycles. The van der Waals surface area contributed by atoms with Gasteiger partial charge in [-0.25, -0.2) is 0 Å². The smallest absolute Gasteiger partial charge is 0.253 e. The number of rotatable bonds is 4. The van der Waals surface area contributed by atoms with E-state index in [1.54, 1.807) is 11.8 Å². The number of piperidine rings is 1. The van der Waals surface area contributed by atoms with E-state index < -0.39 is 0 Å². The molecule has 0 bridgehead atoms. The Balaban J connectivity index is 1.40. The zero-order valence-electron chi connectivity index (χ0n) is 15.1. The van der Waals surface area contributed by atoms with Crippen LogP contribution in [-0.4, -0.2) is 35.1 Å². The normalized spacial score (nSPS) is 15.5. The van der Waals surface area contributed by atoms with Crippen molar-refractivity contribution in [3.63, 3.8) is 0 Å². The van der Waals surface area contributed by atoms with E-state index in [4.69, 9.17) is 0 Å². The molecule has 4 heteroatoms. The van der Waals surface area contributed by atoms with Gasteiger partial charge in [0, 0.05) is 41.5 Å². The number of fused-ring (bicyclic) bond motifs is 1. The highest BCUT2D eigenvalue weighted by Gasteiger charge is 2.25. The molecule has 1 aliphatic rings. The molecule has 0 radical (unpaired) electrons. The van der Waals surface area contributed by atoms with Gasteiger partial charge in [0.2, 0.25) is 0 Å². The third kappa shape index (κ3) is 3.51. The second-order valence-electron chi connectivity index (χ2n) is 7.01. The Bertz CT molecular complexity index is 859. The van der Waals surface area contributed by atoms with Crippen LogP contribution in [0.5, 0.6) is 0 Å². The number of carbonyl (C=O) groups excluding carboxylic acids is 1. The van der Waals surface area contributed by atoms with E-state index in [2.05, 4.69) is 53.7 Å². The topological polar surface area (TPSA) is 36.1 Å². The van der Waals surface area contributed by atoms with Crippen molar-refractivity contribution in [2.45, 2.75) is 24.5 Å². The predicted octanol–water partition coefficient (Wildman–Crippen LogP) is 5.05. The summed E-state index contributed by atoms with van der Waals surface area (Å²) in [5, 5.41) is 1.27. The van der Waals surface area contributed by atoms with Crippen molar-refractivity contribution in [3.8, 4) is 0 Å². The Labute approximate surface area is 158 Å². The predicted molar refractivity (Wildman–Crippen MR) is 110 cm³/mol. The molecule has 1 fully saturated rings. The number of aromatic nitrogens is 1. The minimum atomic E-state index is 0.163. The maximum Gasteiger partial charge on any atom is 0.253 e. The SMILES string of the molecule is CSCc1ccc(C(=O)N2CCC(c3cc4ccccc4[nH]3)CC2)cc1. The van der Waals surface area contributed by atoms with Crippen molar-refractivity contribution in [2.75, 3.05) is 19.3 Å². The van der Waals surface area contributed by atoms with Crippen LogP contribution in [0.3, 0.4) is 0 Å². The fraction of sp³-hybridized carbons (Fsp3) is 0.318. The van der Waals surface area contributed by atoms with Gasteiger partial charge < -0.3 is 9.88 Å². The maximum atomic E-state index is 12.8. The molecule has 4 rings (SSSR count). The molecule has 1 aromatic heterocycles. The van der Waals surface area contributed by atoms with Crippen LogP contribution in [0.1, 0.15) is 40.4 Å². The van der Waals surface area contributed by atoms with Crippen molar-refractivity contribution in [1.82, 2.24) is 9.88 Å². The molecule has 1 aliphatic heterocycles. The number of aromatic amines is 1. The average Bonchev–Trinajstić information content (AvgIpc) is 3.13. The van der Waals surface area contributed by atoms with Crippen molar-refractivity contribution < 1.29 is 4.79 Å². The minimum Gasteiger partial charge on any atom is -0.358 e. The molecule has 134 valence electrons. The largest absolute Gasteiger partial charge is 0.358 e. The highest BCUT2D eigenvalue weighted by Crippen LogP contribution is 2.30. The first kappa shape index (κ1) is 17.2. The Morgan fingerprint density at radius 2 is 1.85 bits per heavy atom. The Morgan fingerprint density at radius 1 is 1.12 bits per heavy atom. The van der Waals surface area contributed by atoms with Crippen LogP contribution in [0.4, 0.5) is 0 Å². The van der Waals surface area contributed by atoms with Gasteiger partial charge in [-0.05, 0) is 54.3 Å². The van der Waals surface area contributed by atoms with Gasteiger partial charge in [-0.3, -0.25) is 4.79 Å². The maximum absolute atomic E-state index is 12.8. The molecule has 0 saturated carbocycles. The van der Waals surface area contributed by atoms with Crippen molar-refractivity contribution in [2.24, 2.45) is 0 Å². The molecule has 1 N–H and O–H groups in total. The van der Waals surface area contributed by atoms with Crippen LogP contribution >= 0.6 is 11.8 Å². The Hall–Kier alpha value is -2.20. The van der Waals surface area contributed by atoms with E-state index in [1.807, 2.05) is 17.0 Å². The van der Waals surface area contributed by atoms with Gasteiger partial charge in [-0.15, -0.1) is 0 Å². The summed E-state index contributed by atoms with van der Waals surface area (Å²) in [5.74, 6) is 1.66. The molecule has 1 saturated heterocycles. The van der Waals surface area contributed by atoms with Crippen molar-refractivity contribution in [3.05, 3.63) is 71.4 Å². The van der Waals surface area contributed by atoms with E-state index >= 15 is 0 Å². The van der Waals surface area contributed by atoms with Crippen LogP contribution < -0.4 is 0 Å². The van der Waals surface area contributed by atoms with Gasteiger partial charge in [0.15, 0.2) is 0 Å². The summed E-state index contributed by atoms with van der Waals surface area (Å²) < 4.78 is 0. The molecule has 3 aromatic rings. The molecule has 1 amide bonds. The van der Waals surface area contributed by atoms with E-state index in [9.17, 15) is 4.79 Å². The van der Waals surface area contributed by atoms with Gasteiger partial charge in [0.1, 0.15) is 0 Å². The summed E-state index contributed by atoms with van der Waals surface area (Å²) in [5.41, 5.74) is 4.58. The molecule has 3 nitrogen and oxygen atoms in total. The summed E-state index contributed by atoms with van der Waals surface area (Å²) >= 11 is 1.80. The van der Waals surface area contributed by atoms with E-state index in [-0.39, 0.29) is 5.91 Å². The zero-order chi connectivity index (χ0) is 17.9. The lowest BCUT2D eigenvalue weighted by molar-refractivity contribution is 0.0712. The third-order valence-corrected chi connectivity index (χ3v) is 5.91. The molecule has 0 unspecified atom stereocenters. The lowest BCUT2D eigenvalue weighted by Crippen LogP contribution is -2.38. The average molecular weight is 365 g/mol. The number of hydrogen-bond donors (Lipinski definition) is 1. The molecule has 0 spiro atoms. The summed E-state index contributed by atoms with van der Waals surface area (Å²) in [7, 11) is 0. The number of nitrogens with zero attached hydrogens (tertiary/aromatic N) is 1. The Morgan fingerprint density at radius 3 is 2.54 bits per heavy atom. The first-order valence-electron chi connectivity index (χ1n) is 9.19. The lowest BCUT2D eigenvalue weighted by Gasteiger charge is -2.31. The van der Waals surface area contributed by atoms with Gasteiger partial charge in [0.05, 0.1) is 0 Å². The number of amides is 1. The van der Waals surface area contributed by atoms with Gasteiger partial charge >= 0.3 is 0 Å². The Kier molecular flexibility index (Phi) is 5.02. The number of para-hydroxylation sites is 1. The van der Waals surface area contributed by atoms with Crippen LogP contribution in [0, 0.1) is 0 Å². The second-order valence-corrected chi connectivity index (χ2v) is 7.87. The van der Waals surface area contributed by atoms with E-state index in [1.165, 1.54) is 22.2 Å². The van der Waals surface area contributed by atoms with Crippen molar-refractivity contribution in [1.29, 1.82) is 0 Å². The van der Waals surface area contributed by atoms with Crippen LogP contribution in [-0.2, 0) is 5.75 Å². The van der Waals surface area contributed by atoms with Crippen LogP contribution in [0.25, 0.3) is 10.9 Å². The number of thioether (sulfide) groups is 1. The zero-order valence-corrected chi connectivity index (χ0v) is 15.9. The summed E-state index contributed by atoms with van der Waals surface area (Å²) in [6, 6.07) is 18.8. The van der Waals surface area contributed by atoms with Crippen molar-refractivity contribution >= 4 is 28.6 Å². The number of H-pyrrole nitrogens is 1. The highest BCUT2D eigenvalue weighted by atomic mass is 32.2. The fourth-order valence-corrected chi connectivity index (χ4v) is 4.33. The van der Waals surface area contributed by atoms with E-state index in [0.29, 0.717) is 5.92 Å². The summed E-state index contributed by atoms with van der Waals surface area (Å²) in [6.45, 7) is 1.65. The van der Waals surface area contributed by atoms with Gasteiger partial charge in [-0.1, -0.05) is 30.3 Å². The lowest BCUT2D eigenvalue weighted by atomic mass is 9.93. The number of nitrogens with one attached hydrogen (secondary N) is 1. The van der Waals surface area contributed by atoms with Crippen LogP contribution in [0.2, 0.25) is 0 Å². The second kappa shape index (κ2) is 7.58. The van der Waals surface area contributed by atoms with Gasteiger partial charge in [0.25, 0.3) is 5.91 Å². The standard InChI is InChI=1S/C22H24N2OS/c1-26-15-16-6-8-18(9-7-16)22(25)24-12-10-17(11-13-24)21-14-19-4-2-3-5-20(19)23-21/h2-9,14,17,23H,10-13,15H2,1H3. The summed E-state index contributed by atoms with van der Waals surface area (Å²) in [6.07, 6.45) is 4.13. The van der Waals surface area contributed by atoms with Gasteiger partial charge in [-0.2, -0.15) is 11.8 Å². The number of benzene rings is 2. The molecular formula is C22H24N2OS. The first-order valence-corrected chi connectivity index (χ1v) is 10.6. The number of likely N-dealkylation sites (tertiary alicyclic amines) is 1. The number of hydrogen-bond acceptors (Lipinski definition) is 2. The quantitative estimate of drug-likeness (QED) is 0.703.